The van der Waals surface area contributed by atoms with E-state index in [1.807, 2.05) is 0 Å². The summed E-state index contributed by atoms with van der Waals surface area (Å²) in [5.74, 6) is 0.188. The Morgan fingerprint density at radius 1 is 1.36 bits per heavy atom. The average Bonchev–Trinajstić information content (AvgIpc) is 1.85. The zero-order chi connectivity index (χ0) is 8.27. The maximum absolute atomic E-state index is 11.6. The van der Waals surface area contributed by atoms with Gasteiger partial charge in [-0.1, -0.05) is 12.1 Å². The molecule has 0 radical (unpaired) electrons. The number of alkyl halides is 2. The van der Waals surface area contributed by atoms with Gasteiger partial charge in [-0.25, -0.2) is 0 Å². The topological polar surface area (TPSA) is 9.23 Å². The molecule has 1 atom stereocenters. The normalized spacial score (nSPS) is 10.2. The summed E-state index contributed by atoms with van der Waals surface area (Å²) < 4.78 is 27.4. The van der Waals surface area contributed by atoms with Crippen LogP contribution in [-0.4, -0.2) is 6.61 Å². The van der Waals surface area contributed by atoms with E-state index >= 15 is 0 Å². The van der Waals surface area contributed by atoms with E-state index in [9.17, 15) is 8.78 Å². The van der Waals surface area contributed by atoms with Gasteiger partial charge >= 0.3 is 6.61 Å². The molecule has 0 saturated heterocycles. The van der Waals surface area contributed by atoms with Crippen molar-refractivity contribution in [3.05, 3.63) is 24.3 Å². The van der Waals surface area contributed by atoms with Crippen molar-refractivity contribution in [2.24, 2.45) is 0 Å². The predicted molar refractivity (Wildman–Crippen MR) is 42.4 cm³/mol. The molecule has 1 unspecified atom stereocenters. The summed E-state index contributed by atoms with van der Waals surface area (Å²) in [4.78, 5) is 0. The van der Waals surface area contributed by atoms with Crippen molar-refractivity contribution in [2.75, 3.05) is 0 Å². The zero-order valence-electron chi connectivity index (χ0n) is 5.63. The second kappa shape index (κ2) is 3.63. The Kier molecular flexibility index (Phi) is 2.77. The van der Waals surface area contributed by atoms with Crippen molar-refractivity contribution in [1.82, 2.24) is 0 Å². The Hall–Kier alpha value is -0.690. The number of benzene rings is 1. The van der Waals surface area contributed by atoms with Gasteiger partial charge in [0, 0.05) is 0 Å². The van der Waals surface area contributed by atoms with Gasteiger partial charge in [-0.05, 0) is 17.4 Å². The Balaban J connectivity index is 2.71. The van der Waals surface area contributed by atoms with E-state index in [1.165, 1.54) is 12.1 Å². The van der Waals surface area contributed by atoms with Gasteiger partial charge < -0.3 is 4.74 Å². The van der Waals surface area contributed by atoms with Crippen molar-refractivity contribution < 1.29 is 13.5 Å². The highest BCUT2D eigenvalue weighted by Gasteiger charge is 2.02. The first-order chi connectivity index (χ1) is 5.18. The van der Waals surface area contributed by atoms with Gasteiger partial charge in [-0.3, -0.25) is 0 Å². The van der Waals surface area contributed by atoms with Crippen LogP contribution in [-0.2, 0) is 0 Å². The highest BCUT2D eigenvalue weighted by Crippen LogP contribution is 2.11. The van der Waals surface area contributed by atoms with Crippen molar-refractivity contribution in [3.8, 4) is 5.75 Å². The smallest absolute Gasteiger partial charge is 0.387 e. The summed E-state index contributed by atoms with van der Waals surface area (Å²) in [6.07, 6.45) is 0. The molecule has 0 aromatic heterocycles. The van der Waals surface area contributed by atoms with E-state index in [0.29, 0.717) is 0 Å². The first-order valence-electron chi connectivity index (χ1n) is 2.99. The van der Waals surface area contributed by atoms with Gasteiger partial charge in [0.25, 0.3) is 0 Å². The van der Waals surface area contributed by atoms with Crippen LogP contribution >= 0.6 is 9.24 Å². The molecule has 0 amide bonds. The lowest BCUT2D eigenvalue weighted by molar-refractivity contribution is -0.0497. The van der Waals surface area contributed by atoms with Crippen molar-refractivity contribution >= 4 is 14.5 Å². The van der Waals surface area contributed by atoms with Gasteiger partial charge in [0.05, 0.1) is 0 Å². The first kappa shape index (κ1) is 8.41. The lowest BCUT2D eigenvalue weighted by Gasteiger charge is -2.03. The van der Waals surface area contributed by atoms with Crippen LogP contribution in [0.5, 0.6) is 5.75 Å². The van der Waals surface area contributed by atoms with Crippen LogP contribution in [0.4, 0.5) is 8.78 Å². The molecular formula is C7H7F2OP. The predicted octanol–water partition coefficient (Wildman–Crippen LogP) is 1.79. The molecule has 0 spiro atoms. The molecule has 1 nitrogen and oxygen atoms in total. The SMILES string of the molecule is FC(F)Oc1cccc(P)c1. The molecule has 11 heavy (non-hydrogen) atoms. The molecule has 0 saturated carbocycles. The fourth-order valence-corrected chi connectivity index (χ4v) is 0.966. The summed E-state index contributed by atoms with van der Waals surface area (Å²) in [7, 11) is 2.40. The third-order valence-electron chi connectivity index (χ3n) is 1.08. The van der Waals surface area contributed by atoms with Crippen LogP contribution in [0.3, 0.4) is 0 Å². The highest BCUT2D eigenvalue weighted by atomic mass is 31.0. The number of halogens is 2. The van der Waals surface area contributed by atoms with Gasteiger partial charge in [0.15, 0.2) is 0 Å². The van der Waals surface area contributed by atoms with E-state index in [-0.39, 0.29) is 5.75 Å². The minimum atomic E-state index is -2.75. The van der Waals surface area contributed by atoms with E-state index in [1.54, 1.807) is 12.1 Å². The molecule has 0 aliphatic carbocycles. The second-order valence-electron chi connectivity index (χ2n) is 1.95. The van der Waals surface area contributed by atoms with Gasteiger partial charge in [-0.2, -0.15) is 8.78 Å². The van der Waals surface area contributed by atoms with Crippen LogP contribution in [0.2, 0.25) is 0 Å². The minimum Gasteiger partial charge on any atom is -0.435 e. The molecule has 0 heterocycles. The minimum absolute atomic E-state index is 0.188. The molecular weight excluding hydrogens is 169 g/mol. The molecule has 0 fully saturated rings. The number of hydrogen-bond acceptors (Lipinski definition) is 1. The monoisotopic (exact) mass is 176 g/mol. The summed E-state index contributed by atoms with van der Waals surface area (Å²) in [5.41, 5.74) is 0. The maximum Gasteiger partial charge on any atom is 0.387 e. The Labute approximate surface area is 65.6 Å². The molecule has 0 bridgehead atoms. The van der Waals surface area contributed by atoms with Gasteiger partial charge in [0.2, 0.25) is 0 Å². The van der Waals surface area contributed by atoms with Crippen molar-refractivity contribution in [1.29, 1.82) is 0 Å². The van der Waals surface area contributed by atoms with Gasteiger partial charge in [-0.15, -0.1) is 9.24 Å². The van der Waals surface area contributed by atoms with Crippen LogP contribution in [0.1, 0.15) is 0 Å². The fourth-order valence-electron chi connectivity index (χ4n) is 0.691. The molecule has 60 valence electrons. The average molecular weight is 176 g/mol. The third-order valence-corrected chi connectivity index (χ3v) is 1.44. The summed E-state index contributed by atoms with van der Waals surface area (Å²) in [6, 6.07) is 6.44. The van der Waals surface area contributed by atoms with E-state index in [0.717, 1.165) is 5.30 Å². The van der Waals surface area contributed by atoms with Crippen molar-refractivity contribution in [3.63, 3.8) is 0 Å². The molecule has 1 aromatic rings. The molecule has 0 aliphatic rings. The summed E-state index contributed by atoms with van der Waals surface area (Å²) in [6.45, 7) is -2.75. The highest BCUT2D eigenvalue weighted by molar-refractivity contribution is 7.27. The maximum atomic E-state index is 11.6. The molecule has 1 rings (SSSR count). The Morgan fingerprint density at radius 2 is 2.09 bits per heavy atom. The Morgan fingerprint density at radius 3 is 2.64 bits per heavy atom. The lowest BCUT2D eigenvalue weighted by atomic mass is 10.3. The molecule has 4 heteroatoms. The van der Waals surface area contributed by atoms with Crippen molar-refractivity contribution in [2.45, 2.75) is 6.61 Å². The lowest BCUT2D eigenvalue weighted by Crippen LogP contribution is -2.03. The van der Waals surface area contributed by atoms with Crippen LogP contribution in [0.25, 0.3) is 0 Å². The standard InChI is InChI=1S/C7H7F2OP/c8-7(9)10-5-2-1-3-6(11)4-5/h1-4,7H,11H2. The summed E-state index contributed by atoms with van der Waals surface area (Å²) in [5, 5.41) is 0.822. The van der Waals surface area contributed by atoms with E-state index in [2.05, 4.69) is 14.0 Å². The molecule has 0 aliphatic heterocycles. The second-order valence-corrected chi connectivity index (χ2v) is 2.62. The van der Waals surface area contributed by atoms with E-state index < -0.39 is 6.61 Å². The first-order valence-corrected chi connectivity index (χ1v) is 3.56. The van der Waals surface area contributed by atoms with E-state index in [4.69, 9.17) is 0 Å². The molecule has 1 aromatic carbocycles. The fraction of sp³-hybridized carbons (Fsp3) is 0.143. The number of hydrogen-bond donors (Lipinski definition) is 0. The zero-order valence-corrected chi connectivity index (χ0v) is 6.78. The number of ether oxygens (including phenoxy) is 1. The molecule has 0 N–H and O–H groups in total. The number of rotatable bonds is 2. The Bertz CT molecular complexity index is 240. The largest absolute Gasteiger partial charge is 0.435 e. The third kappa shape index (κ3) is 2.81. The summed E-state index contributed by atoms with van der Waals surface area (Å²) >= 11 is 0. The van der Waals surface area contributed by atoms with Crippen LogP contribution in [0, 0.1) is 0 Å². The van der Waals surface area contributed by atoms with Crippen LogP contribution in [0.15, 0.2) is 24.3 Å². The quantitative estimate of drug-likeness (QED) is 0.624. The van der Waals surface area contributed by atoms with Gasteiger partial charge in [0.1, 0.15) is 5.75 Å². The van der Waals surface area contributed by atoms with Crippen LogP contribution < -0.4 is 10.0 Å².